The number of carbonyl (C=O) groups excluding carboxylic acids is 1. The average molecular weight is 249 g/mol. The average Bonchev–Trinajstić information content (AvgIpc) is 2.79. The minimum atomic E-state index is -0.0283. The predicted molar refractivity (Wildman–Crippen MR) is 74.2 cm³/mol. The Balaban J connectivity index is 2.20. The molecule has 0 aliphatic rings. The van der Waals surface area contributed by atoms with Crippen LogP contribution in [0.15, 0.2) is 41.8 Å². The maximum Gasteiger partial charge on any atom is 0.243 e. The third kappa shape index (κ3) is 6.74. The van der Waals surface area contributed by atoms with Crippen molar-refractivity contribution in [2.45, 2.75) is 20.3 Å². The second kappa shape index (κ2) is 7.85. The number of allylic oxidation sites excluding steroid dienone is 3. The smallest absolute Gasteiger partial charge is 0.243 e. The van der Waals surface area contributed by atoms with Gasteiger partial charge in [-0.05, 0) is 17.4 Å². The van der Waals surface area contributed by atoms with Gasteiger partial charge in [-0.2, -0.15) is 0 Å². The first-order chi connectivity index (χ1) is 8.18. The molecule has 3 heteroatoms. The van der Waals surface area contributed by atoms with Crippen LogP contribution < -0.4 is 5.32 Å². The highest BCUT2D eigenvalue weighted by Gasteiger charge is 1.95. The van der Waals surface area contributed by atoms with E-state index < -0.39 is 0 Å². The highest BCUT2D eigenvalue weighted by molar-refractivity contribution is 7.09. The first-order valence-corrected chi connectivity index (χ1v) is 6.70. The third-order valence-electron chi connectivity index (χ3n) is 2.08. The quantitative estimate of drug-likeness (QED) is 0.609. The standard InChI is InChI=1S/C14H19NOS/c1-12(2)11-15-14(16)9-5-3-4-7-13-8-6-10-17-13/h3-6,8-10,12H,7,11H2,1-2H3,(H,15,16). The zero-order chi connectivity index (χ0) is 12.5. The van der Waals surface area contributed by atoms with Crippen molar-refractivity contribution in [2.75, 3.05) is 6.54 Å². The first kappa shape index (κ1) is 13.7. The van der Waals surface area contributed by atoms with Crippen LogP contribution >= 0.6 is 11.3 Å². The molecular weight excluding hydrogens is 230 g/mol. The van der Waals surface area contributed by atoms with Crippen LogP contribution in [-0.2, 0) is 11.2 Å². The van der Waals surface area contributed by atoms with Gasteiger partial charge in [0.05, 0.1) is 0 Å². The number of amides is 1. The lowest BCUT2D eigenvalue weighted by Crippen LogP contribution is -2.25. The number of nitrogens with one attached hydrogen (secondary N) is 1. The van der Waals surface area contributed by atoms with E-state index in [1.54, 1.807) is 23.5 Å². The molecule has 0 aliphatic carbocycles. The second-order valence-corrected chi connectivity index (χ2v) is 5.24. The molecule has 17 heavy (non-hydrogen) atoms. The molecular formula is C14H19NOS. The maximum atomic E-state index is 11.3. The Morgan fingerprint density at radius 1 is 1.47 bits per heavy atom. The molecule has 0 spiro atoms. The summed E-state index contributed by atoms with van der Waals surface area (Å²) in [5.74, 6) is 0.459. The van der Waals surface area contributed by atoms with E-state index in [0.29, 0.717) is 5.92 Å². The monoisotopic (exact) mass is 249 g/mol. The van der Waals surface area contributed by atoms with E-state index >= 15 is 0 Å². The van der Waals surface area contributed by atoms with Gasteiger partial charge in [0.25, 0.3) is 0 Å². The third-order valence-corrected chi connectivity index (χ3v) is 2.98. The van der Waals surface area contributed by atoms with Crippen LogP contribution in [0.2, 0.25) is 0 Å². The number of rotatable bonds is 6. The Labute approximate surface area is 107 Å². The number of carbonyl (C=O) groups is 1. The lowest BCUT2D eigenvalue weighted by Gasteiger charge is -2.03. The van der Waals surface area contributed by atoms with Crippen molar-refractivity contribution in [3.63, 3.8) is 0 Å². The van der Waals surface area contributed by atoms with Crippen molar-refractivity contribution in [1.82, 2.24) is 5.32 Å². The van der Waals surface area contributed by atoms with E-state index in [0.717, 1.165) is 13.0 Å². The van der Waals surface area contributed by atoms with Crippen molar-refractivity contribution >= 4 is 17.2 Å². The number of hydrogen-bond acceptors (Lipinski definition) is 2. The molecule has 1 amide bonds. The van der Waals surface area contributed by atoms with Crippen LogP contribution in [0, 0.1) is 5.92 Å². The van der Waals surface area contributed by atoms with Gasteiger partial charge in [0.15, 0.2) is 0 Å². The van der Waals surface area contributed by atoms with Crippen LogP contribution in [0.3, 0.4) is 0 Å². The van der Waals surface area contributed by atoms with Crippen molar-refractivity contribution in [1.29, 1.82) is 0 Å². The molecule has 1 N–H and O–H groups in total. The minimum absolute atomic E-state index is 0.0283. The Bertz CT molecular complexity index is 377. The molecule has 0 bridgehead atoms. The van der Waals surface area contributed by atoms with E-state index in [-0.39, 0.29) is 5.91 Å². The summed E-state index contributed by atoms with van der Waals surface area (Å²) in [6.07, 6.45) is 8.24. The van der Waals surface area contributed by atoms with E-state index in [4.69, 9.17) is 0 Å². The van der Waals surface area contributed by atoms with Crippen LogP contribution in [0.4, 0.5) is 0 Å². The Morgan fingerprint density at radius 3 is 2.94 bits per heavy atom. The largest absolute Gasteiger partial charge is 0.352 e. The first-order valence-electron chi connectivity index (χ1n) is 5.82. The molecule has 1 heterocycles. The van der Waals surface area contributed by atoms with E-state index in [9.17, 15) is 4.79 Å². The molecule has 1 rings (SSSR count). The summed E-state index contributed by atoms with van der Waals surface area (Å²) in [6.45, 7) is 4.87. The lowest BCUT2D eigenvalue weighted by molar-refractivity contribution is -0.116. The van der Waals surface area contributed by atoms with Gasteiger partial charge in [-0.15, -0.1) is 11.3 Å². The normalized spacial score (nSPS) is 11.7. The second-order valence-electron chi connectivity index (χ2n) is 4.21. The molecule has 0 atom stereocenters. The Morgan fingerprint density at radius 2 is 2.29 bits per heavy atom. The zero-order valence-corrected chi connectivity index (χ0v) is 11.2. The molecule has 1 aromatic rings. The SMILES string of the molecule is CC(C)CNC(=O)C=CC=CCc1cccs1. The van der Waals surface area contributed by atoms with Gasteiger partial charge < -0.3 is 5.32 Å². The number of thiophene rings is 1. The van der Waals surface area contributed by atoms with Crippen LogP contribution in [0.25, 0.3) is 0 Å². The molecule has 0 saturated heterocycles. The molecule has 1 aromatic heterocycles. The van der Waals surface area contributed by atoms with Gasteiger partial charge in [0.2, 0.25) is 5.91 Å². The summed E-state index contributed by atoms with van der Waals surface area (Å²) in [5, 5.41) is 4.90. The molecule has 0 fully saturated rings. The van der Waals surface area contributed by atoms with Gasteiger partial charge in [-0.3, -0.25) is 4.79 Å². The fourth-order valence-corrected chi connectivity index (χ4v) is 1.88. The van der Waals surface area contributed by atoms with E-state index in [1.807, 2.05) is 12.1 Å². The van der Waals surface area contributed by atoms with Gasteiger partial charge in [-0.25, -0.2) is 0 Å². The zero-order valence-electron chi connectivity index (χ0n) is 10.3. The Kier molecular flexibility index (Phi) is 6.33. The summed E-state index contributed by atoms with van der Waals surface area (Å²) in [7, 11) is 0. The fourth-order valence-electron chi connectivity index (χ4n) is 1.20. The molecule has 0 unspecified atom stereocenters. The van der Waals surface area contributed by atoms with Crippen molar-refractivity contribution in [2.24, 2.45) is 5.92 Å². The maximum absolute atomic E-state index is 11.3. The molecule has 0 radical (unpaired) electrons. The molecule has 0 aromatic carbocycles. The van der Waals surface area contributed by atoms with Gasteiger partial charge >= 0.3 is 0 Å². The summed E-state index contributed by atoms with van der Waals surface area (Å²) in [6, 6.07) is 4.15. The predicted octanol–water partition coefficient (Wildman–Crippen LogP) is 3.18. The van der Waals surface area contributed by atoms with E-state index in [1.165, 1.54) is 4.88 Å². The summed E-state index contributed by atoms with van der Waals surface area (Å²) >= 11 is 1.74. The summed E-state index contributed by atoms with van der Waals surface area (Å²) in [5.41, 5.74) is 0. The topological polar surface area (TPSA) is 29.1 Å². The van der Waals surface area contributed by atoms with Crippen LogP contribution in [0.1, 0.15) is 18.7 Å². The molecule has 92 valence electrons. The van der Waals surface area contributed by atoms with Crippen molar-refractivity contribution in [3.05, 3.63) is 46.7 Å². The lowest BCUT2D eigenvalue weighted by atomic mass is 10.2. The van der Waals surface area contributed by atoms with E-state index in [2.05, 4.69) is 36.7 Å². The van der Waals surface area contributed by atoms with Crippen molar-refractivity contribution in [3.8, 4) is 0 Å². The minimum Gasteiger partial charge on any atom is -0.352 e. The fraction of sp³-hybridized carbons (Fsp3) is 0.357. The summed E-state index contributed by atoms with van der Waals surface area (Å²) in [4.78, 5) is 12.6. The van der Waals surface area contributed by atoms with Crippen LogP contribution in [0.5, 0.6) is 0 Å². The van der Waals surface area contributed by atoms with Crippen molar-refractivity contribution < 1.29 is 4.79 Å². The molecule has 0 saturated carbocycles. The van der Waals surface area contributed by atoms with Crippen LogP contribution in [-0.4, -0.2) is 12.5 Å². The molecule has 0 aliphatic heterocycles. The highest BCUT2D eigenvalue weighted by atomic mass is 32.1. The highest BCUT2D eigenvalue weighted by Crippen LogP contribution is 2.09. The Hall–Kier alpha value is -1.35. The summed E-state index contributed by atoms with van der Waals surface area (Å²) < 4.78 is 0. The van der Waals surface area contributed by atoms with Gasteiger partial charge in [0.1, 0.15) is 0 Å². The molecule has 2 nitrogen and oxygen atoms in total. The number of hydrogen-bond donors (Lipinski definition) is 1. The van der Waals surface area contributed by atoms with Gasteiger partial charge in [0, 0.05) is 23.9 Å². The van der Waals surface area contributed by atoms with Gasteiger partial charge in [-0.1, -0.05) is 38.1 Å².